The topological polar surface area (TPSA) is 72.2 Å². The smallest absolute Gasteiger partial charge is 0.266 e. The molecular weight excluding hydrogens is 519 g/mol. The summed E-state index contributed by atoms with van der Waals surface area (Å²) in [4.78, 5) is 16.5. The van der Waals surface area contributed by atoms with Gasteiger partial charge in [-0.05, 0) is 30.7 Å². The van der Waals surface area contributed by atoms with E-state index in [4.69, 9.17) is 0 Å². The predicted octanol–water partition coefficient (Wildman–Crippen LogP) is 5.93. The first-order valence-corrected chi connectivity index (χ1v) is 11.2. The molecule has 1 N–H and O–H groups in total. The van der Waals surface area contributed by atoms with E-state index in [9.17, 15) is 18.0 Å². The van der Waals surface area contributed by atoms with Gasteiger partial charge in [-0.25, -0.2) is 15.1 Å². The molecule has 33 heavy (non-hydrogen) atoms. The van der Waals surface area contributed by atoms with Gasteiger partial charge in [-0.1, -0.05) is 58.4 Å². The van der Waals surface area contributed by atoms with Crippen LogP contribution in [0.25, 0.3) is 16.4 Å². The number of hydrogen-bond donors (Lipinski definition) is 1. The lowest BCUT2D eigenvalue weighted by molar-refractivity contribution is -0.142. The van der Waals surface area contributed by atoms with Crippen LogP contribution in [0.2, 0.25) is 0 Å². The highest BCUT2D eigenvalue weighted by molar-refractivity contribution is 9.10. The summed E-state index contributed by atoms with van der Waals surface area (Å²) in [6.07, 6.45) is -4.65. The van der Waals surface area contributed by atoms with E-state index >= 15 is 0 Å². The maximum absolute atomic E-state index is 13.6. The van der Waals surface area contributed by atoms with Crippen molar-refractivity contribution in [2.45, 2.75) is 13.1 Å². The van der Waals surface area contributed by atoms with E-state index in [-0.39, 0.29) is 16.5 Å². The number of thiazole rings is 1. The summed E-state index contributed by atoms with van der Waals surface area (Å²) in [5.74, 6) is -0.641. The standard InChI is InChI=1S/C22H15BrF3N5OS/c1-13(14-7-9-16(23)10-8-14)28-29-20(32)18-12-33-21(27-18)31-19(22(24,25)26)11-17(30-31)15-5-3-2-4-6-15/h2-12H,1H3,(H,29,32)/b28-13-. The minimum absolute atomic E-state index is 0.0627. The molecule has 0 saturated heterocycles. The number of hydrazone groups is 1. The largest absolute Gasteiger partial charge is 0.433 e. The van der Waals surface area contributed by atoms with Crippen molar-refractivity contribution in [1.29, 1.82) is 0 Å². The Morgan fingerprint density at radius 2 is 1.82 bits per heavy atom. The molecule has 0 aliphatic heterocycles. The molecule has 4 rings (SSSR count). The summed E-state index contributed by atoms with van der Waals surface area (Å²) < 4.78 is 42.5. The average Bonchev–Trinajstić information content (AvgIpc) is 3.46. The first-order valence-electron chi connectivity index (χ1n) is 9.51. The van der Waals surface area contributed by atoms with Crippen molar-refractivity contribution in [1.82, 2.24) is 20.2 Å². The monoisotopic (exact) mass is 533 g/mol. The second-order valence-corrected chi connectivity index (χ2v) is 8.60. The number of rotatable bonds is 5. The van der Waals surface area contributed by atoms with Gasteiger partial charge in [0.15, 0.2) is 5.69 Å². The van der Waals surface area contributed by atoms with Gasteiger partial charge < -0.3 is 0 Å². The Balaban J connectivity index is 1.59. The molecule has 6 nitrogen and oxygen atoms in total. The highest BCUT2D eigenvalue weighted by atomic mass is 79.9. The van der Waals surface area contributed by atoms with Gasteiger partial charge in [-0.2, -0.15) is 23.4 Å². The molecular formula is C22H15BrF3N5OS. The van der Waals surface area contributed by atoms with E-state index in [1.54, 1.807) is 37.3 Å². The van der Waals surface area contributed by atoms with Gasteiger partial charge in [0.1, 0.15) is 5.69 Å². The highest BCUT2D eigenvalue weighted by Gasteiger charge is 2.37. The lowest BCUT2D eigenvalue weighted by Crippen LogP contribution is -2.20. The molecule has 11 heteroatoms. The fraction of sp³-hybridized carbons (Fsp3) is 0.0909. The van der Waals surface area contributed by atoms with Crippen molar-refractivity contribution in [2.24, 2.45) is 5.10 Å². The van der Waals surface area contributed by atoms with Crippen LogP contribution in [-0.4, -0.2) is 26.4 Å². The van der Waals surface area contributed by atoms with Crippen LogP contribution in [-0.2, 0) is 6.18 Å². The number of carbonyl (C=O) groups excluding carboxylic acids is 1. The molecule has 0 aliphatic rings. The molecule has 2 heterocycles. The van der Waals surface area contributed by atoms with Crippen molar-refractivity contribution in [3.05, 3.63) is 87.5 Å². The molecule has 0 saturated carbocycles. The molecule has 0 unspecified atom stereocenters. The Labute approximate surface area is 198 Å². The van der Waals surface area contributed by atoms with Crippen LogP contribution in [0.15, 0.2) is 75.6 Å². The molecule has 0 spiro atoms. The third-order valence-electron chi connectivity index (χ3n) is 4.56. The molecule has 0 aliphatic carbocycles. The van der Waals surface area contributed by atoms with Crippen LogP contribution in [0.4, 0.5) is 13.2 Å². The number of amides is 1. The molecule has 0 fully saturated rings. The van der Waals surface area contributed by atoms with E-state index in [1.807, 2.05) is 24.3 Å². The average molecular weight is 534 g/mol. The lowest BCUT2D eigenvalue weighted by Gasteiger charge is -2.07. The minimum Gasteiger partial charge on any atom is -0.266 e. The van der Waals surface area contributed by atoms with Gasteiger partial charge in [0.2, 0.25) is 5.13 Å². The number of nitrogens with zero attached hydrogens (tertiary/aromatic N) is 4. The molecule has 168 valence electrons. The van der Waals surface area contributed by atoms with E-state index < -0.39 is 17.8 Å². The Morgan fingerprint density at radius 1 is 1.12 bits per heavy atom. The van der Waals surface area contributed by atoms with Crippen LogP contribution in [0.3, 0.4) is 0 Å². The zero-order valence-corrected chi connectivity index (χ0v) is 19.4. The Hall–Kier alpha value is -3.31. The van der Waals surface area contributed by atoms with E-state index in [2.05, 4.69) is 36.5 Å². The third kappa shape index (κ3) is 5.20. The number of halogens is 4. The number of nitrogens with one attached hydrogen (secondary N) is 1. The molecule has 2 aromatic carbocycles. The molecule has 0 radical (unpaired) electrons. The summed E-state index contributed by atoms with van der Waals surface area (Å²) in [6, 6.07) is 16.8. The lowest BCUT2D eigenvalue weighted by atomic mass is 10.1. The first kappa shape index (κ1) is 22.9. The summed E-state index contributed by atoms with van der Waals surface area (Å²) in [6.45, 7) is 1.72. The minimum atomic E-state index is -4.65. The predicted molar refractivity (Wildman–Crippen MR) is 123 cm³/mol. The highest BCUT2D eigenvalue weighted by Crippen LogP contribution is 2.34. The van der Waals surface area contributed by atoms with Gasteiger partial charge in [-0.15, -0.1) is 11.3 Å². The van der Waals surface area contributed by atoms with E-state index in [0.717, 1.165) is 27.4 Å². The van der Waals surface area contributed by atoms with Crippen molar-refractivity contribution in [3.63, 3.8) is 0 Å². The first-order chi connectivity index (χ1) is 15.7. The quantitative estimate of drug-likeness (QED) is 0.255. The SMILES string of the molecule is C/C(=N/NC(=O)c1csc(-n2nc(-c3ccccc3)cc2C(F)(F)F)n1)c1ccc(Br)cc1. The fourth-order valence-corrected chi connectivity index (χ4v) is 3.92. The summed E-state index contributed by atoms with van der Waals surface area (Å²) in [5, 5.41) is 9.42. The van der Waals surface area contributed by atoms with Crippen LogP contribution < -0.4 is 5.43 Å². The number of hydrogen-bond acceptors (Lipinski definition) is 5. The van der Waals surface area contributed by atoms with E-state index in [0.29, 0.717) is 16.0 Å². The number of benzene rings is 2. The van der Waals surface area contributed by atoms with Crippen molar-refractivity contribution < 1.29 is 18.0 Å². The van der Waals surface area contributed by atoms with Gasteiger partial charge in [0.05, 0.1) is 11.4 Å². The third-order valence-corrected chi connectivity index (χ3v) is 5.91. The van der Waals surface area contributed by atoms with Gasteiger partial charge in [-0.3, -0.25) is 4.79 Å². The number of aromatic nitrogens is 3. The number of alkyl halides is 3. The van der Waals surface area contributed by atoms with Crippen molar-refractivity contribution in [3.8, 4) is 16.4 Å². The summed E-state index contributed by atoms with van der Waals surface area (Å²) >= 11 is 4.22. The second-order valence-electron chi connectivity index (χ2n) is 6.85. The Morgan fingerprint density at radius 3 is 2.48 bits per heavy atom. The maximum Gasteiger partial charge on any atom is 0.433 e. The number of carbonyl (C=O) groups is 1. The van der Waals surface area contributed by atoms with Gasteiger partial charge in [0.25, 0.3) is 5.91 Å². The van der Waals surface area contributed by atoms with Crippen molar-refractivity contribution in [2.75, 3.05) is 0 Å². The maximum atomic E-state index is 13.6. The molecule has 0 atom stereocenters. The summed E-state index contributed by atoms with van der Waals surface area (Å²) in [5.41, 5.74) is 3.39. The van der Waals surface area contributed by atoms with Crippen LogP contribution in [0.1, 0.15) is 28.7 Å². The van der Waals surface area contributed by atoms with Gasteiger partial charge >= 0.3 is 6.18 Å². The van der Waals surface area contributed by atoms with Gasteiger partial charge in [0, 0.05) is 15.4 Å². The molecule has 0 bridgehead atoms. The molecule has 1 amide bonds. The van der Waals surface area contributed by atoms with Crippen molar-refractivity contribution >= 4 is 38.9 Å². The normalized spacial score (nSPS) is 12.1. The Kier molecular flexibility index (Phi) is 6.43. The van der Waals surface area contributed by atoms with Crippen LogP contribution in [0, 0.1) is 0 Å². The zero-order valence-electron chi connectivity index (χ0n) is 17.0. The Bertz CT molecular complexity index is 1310. The molecule has 4 aromatic rings. The van der Waals surface area contributed by atoms with Crippen LogP contribution >= 0.6 is 27.3 Å². The molecule has 2 aromatic heterocycles. The second kappa shape index (κ2) is 9.28. The fourth-order valence-electron chi connectivity index (χ4n) is 2.89. The van der Waals surface area contributed by atoms with Crippen LogP contribution in [0.5, 0.6) is 0 Å². The summed E-state index contributed by atoms with van der Waals surface area (Å²) in [7, 11) is 0. The van der Waals surface area contributed by atoms with E-state index in [1.165, 1.54) is 5.38 Å². The zero-order chi connectivity index (χ0) is 23.6.